The lowest BCUT2D eigenvalue weighted by atomic mass is 9.85. The van der Waals surface area contributed by atoms with E-state index in [1.165, 1.54) is 11.8 Å². The van der Waals surface area contributed by atoms with E-state index in [0.717, 1.165) is 24.3 Å². The van der Waals surface area contributed by atoms with Crippen LogP contribution in [-0.2, 0) is 9.59 Å². The molecule has 0 saturated carbocycles. The number of benzene rings is 2. The third-order valence-electron chi connectivity index (χ3n) is 6.92. The van der Waals surface area contributed by atoms with Crippen LogP contribution >= 0.6 is 0 Å². The van der Waals surface area contributed by atoms with Crippen LogP contribution in [0, 0.1) is 11.8 Å². The lowest BCUT2D eigenvalue weighted by molar-refractivity contribution is -0.915. The van der Waals surface area contributed by atoms with Crippen LogP contribution in [-0.4, -0.2) is 42.0 Å². The number of anilines is 1. The molecule has 3 fully saturated rings. The summed E-state index contributed by atoms with van der Waals surface area (Å²) in [5, 5.41) is 0. The Morgan fingerprint density at radius 2 is 1.57 bits per heavy atom. The van der Waals surface area contributed by atoms with Crippen molar-refractivity contribution in [1.82, 2.24) is 0 Å². The Morgan fingerprint density at radius 3 is 2.23 bits per heavy atom. The van der Waals surface area contributed by atoms with E-state index >= 15 is 0 Å². The van der Waals surface area contributed by atoms with E-state index in [9.17, 15) is 19.2 Å². The minimum Gasteiger partial charge on any atom is -0.322 e. The van der Waals surface area contributed by atoms with Crippen molar-refractivity contribution >= 4 is 29.1 Å². The molecule has 0 radical (unpaired) electrons. The fourth-order valence-corrected chi connectivity index (χ4v) is 5.62. The summed E-state index contributed by atoms with van der Waals surface area (Å²) >= 11 is 0. The molecule has 0 aliphatic carbocycles. The topological polar surface area (TPSA) is 76.0 Å². The Labute approximate surface area is 174 Å². The highest BCUT2D eigenvalue weighted by Crippen LogP contribution is 2.40. The van der Waals surface area contributed by atoms with Gasteiger partial charge < -0.3 is 4.90 Å². The Morgan fingerprint density at radius 1 is 0.900 bits per heavy atom. The first-order valence-corrected chi connectivity index (χ1v) is 10.4. The minimum atomic E-state index is -0.627. The second kappa shape index (κ2) is 6.99. The van der Waals surface area contributed by atoms with Crippen molar-refractivity contribution in [2.75, 3.05) is 11.4 Å². The highest BCUT2D eigenvalue weighted by atomic mass is 16.2. The number of rotatable bonds is 4. The standard InChI is InChI=1S/C24H22N2O4/c1-14(27)15-9-11-17(12-10-15)26-23(29)19-18-8-5-13-25(18)21(20(19)24(26)30)22(28)16-6-3-2-4-7-16/h2-4,6-7,9-12,18-21H,5,8,13H2,1H3/p+1/t18-,19-,20+,21-/m0/s1. The quantitative estimate of drug-likeness (QED) is 0.617. The summed E-state index contributed by atoms with van der Waals surface area (Å²) in [5.74, 6) is -1.72. The molecule has 2 aromatic carbocycles. The SMILES string of the molecule is CC(=O)c1ccc(N2C(=O)[C@@H]3[C@@H](C2=O)[C@@H]2CCC[NH+]2[C@@H]3C(=O)c2ccccc2)cc1. The Bertz CT molecular complexity index is 1050. The molecule has 6 nitrogen and oxygen atoms in total. The molecule has 1 N–H and O–H groups in total. The number of carbonyl (C=O) groups is 4. The van der Waals surface area contributed by atoms with Gasteiger partial charge in [-0.25, -0.2) is 4.90 Å². The maximum atomic E-state index is 13.5. The van der Waals surface area contributed by atoms with Crippen LogP contribution in [0.5, 0.6) is 0 Å². The Hall–Kier alpha value is -3.12. The fraction of sp³-hybridized carbons (Fsp3) is 0.333. The molecule has 152 valence electrons. The molecule has 0 bridgehead atoms. The van der Waals surface area contributed by atoms with Gasteiger partial charge >= 0.3 is 0 Å². The van der Waals surface area contributed by atoms with Crippen LogP contribution < -0.4 is 9.80 Å². The summed E-state index contributed by atoms with van der Waals surface area (Å²) in [4.78, 5) is 54.1. The van der Waals surface area contributed by atoms with Crippen LogP contribution in [0.1, 0.15) is 40.5 Å². The van der Waals surface area contributed by atoms with Gasteiger partial charge in [0, 0.05) is 24.0 Å². The van der Waals surface area contributed by atoms with Crippen LogP contribution in [0.2, 0.25) is 0 Å². The van der Waals surface area contributed by atoms with E-state index in [1.807, 2.05) is 18.2 Å². The molecule has 3 heterocycles. The van der Waals surface area contributed by atoms with E-state index in [1.54, 1.807) is 36.4 Å². The first-order valence-electron chi connectivity index (χ1n) is 10.4. The van der Waals surface area contributed by atoms with Gasteiger partial charge in [-0.05, 0) is 31.2 Å². The number of nitrogens with zero attached hydrogens (tertiary/aromatic N) is 1. The molecule has 6 heteroatoms. The van der Waals surface area contributed by atoms with Gasteiger partial charge in [0.1, 0.15) is 17.9 Å². The molecule has 3 aliphatic heterocycles. The fourth-order valence-electron chi connectivity index (χ4n) is 5.62. The molecular formula is C24H23N2O4+. The Kier molecular flexibility index (Phi) is 4.40. The van der Waals surface area contributed by atoms with Gasteiger partial charge in [-0.15, -0.1) is 0 Å². The zero-order chi connectivity index (χ0) is 21.0. The van der Waals surface area contributed by atoms with Crippen molar-refractivity contribution in [3.63, 3.8) is 0 Å². The third-order valence-corrected chi connectivity index (χ3v) is 6.92. The smallest absolute Gasteiger partial charge is 0.244 e. The summed E-state index contributed by atoms with van der Waals surface area (Å²) in [5.41, 5.74) is 1.59. The second-order valence-corrected chi connectivity index (χ2v) is 8.45. The van der Waals surface area contributed by atoms with Gasteiger partial charge in [0.15, 0.2) is 11.8 Å². The minimum absolute atomic E-state index is 0.00519. The number of nitrogens with one attached hydrogen (secondary N) is 1. The number of quaternary nitrogens is 1. The van der Waals surface area contributed by atoms with Crippen molar-refractivity contribution < 1.29 is 24.1 Å². The number of fused-ring (bicyclic) bond motifs is 3. The number of hydrogen-bond donors (Lipinski definition) is 1. The number of hydrogen-bond acceptors (Lipinski definition) is 4. The van der Waals surface area contributed by atoms with E-state index < -0.39 is 17.9 Å². The predicted octanol–water partition coefficient (Wildman–Crippen LogP) is 1.31. The first kappa shape index (κ1) is 18.9. The second-order valence-electron chi connectivity index (χ2n) is 8.45. The van der Waals surface area contributed by atoms with E-state index in [4.69, 9.17) is 0 Å². The van der Waals surface area contributed by atoms with Gasteiger partial charge in [0.05, 0.1) is 12.2 Å². The summed E-state index contributed by atoms with van der Waals surface area (Å²) < 4.78 is 0. The van der Waals surface area contributed by atoms with Gasteiger partial charge in [-0.2, -0.15) is 0 Å². The van der Waals surface area contributed by atoms with Crippen molar-refractivity contribution in [1.29, 1.82) is 0 Å². The lowest BCUT2D eigenvalue weighted by Gasteiger charge is -2.25. The van der Waals surface area contributed by atoms with Gasteiger partial charge in [0.25, 0.3) is 0 Å². The van der Waals surface area contributed by atoms with Crippen molar-refractivity contribution in [2.24, 2.45) is 11.8 Å². The summed E-state index contributed by atoms with van der Waals surface area (Å²) in [6, 6.07) is 15.1. The van der Waals surface area contributed by atoms with E-state index in [2.05, 4.69) is 0 Å². The van der Waals surface area contributed by atoms with Gasteiger partial charge in [0.2, 0.25) is 17.6 Å². The highest BCUT2D eigenvalue weighted by Gasteiger charge is 2.68. The lowest BCUT2D eigenvalue weighted by Crippen LogP contribution is -3.16. The van der Waals surface area contributed by atoms with Crippen molar-refractivity contribution in [3.8, 4) is 0 Å². The summed E-state index contributed by atoms with van der Waals surface area (Å²) in [6.07, 6.45) is 1.81. The maximum absolute atomic E-state index is 13.5. The van der Waals surface area contributed by atoms with Crippen LogP contribution in [0.25, 0.3) is 0 Å². The average Bonchev–Trinajstić information content (AvgIpc) is 3.40. The number of Topliss-reactive ketones (excluding diaryl/α,β-unsaturated/α-hetero) is 2. The molecule has 0 aromatic heterocycles. The molecular weight excluding hydrogens is 380 g/mol. The maximum Gasteiger partial charge on any atom is 0.244 e. The zero-order valence-corrected chi connectivity index (χ0v) is 16.7. The third kappa shape index (κ3) is 2.67. The number of imide groups is 1. The van der Waals surface area contributed by atoms with Crippen molar-refractivity contribution in [2.45, 2.75) is 31.8 Å². The first-order chi connectivity index (χ1) is 14.5. The molecule has 3 aliphatic rings. The van der Waals surface area contributed by atoms with Crippen LogP contribution in [0.3, 0.4) is 0 Å². The normalized spacial score (nSPS) is 29.8. The van der Waals surface area contributed by atoms with E-state index in [-0.39, 0.29) is 29.4 Å². The average molecular weight is 403 g/mol. The van der Waals surface area contributed by atoms with Gasteiger partial charge in [-0.1, -0.05) is 30.3 Å². The molecule has 2 amide bonds. The van der Waals surface area contributed by atoms with Crippen LogP contribution in [0.4, 0.5) is 5.69 Å². The molecule has 2 aromatic rings. The van der Waals surface area contributed by atoms with Crippen LogP contribution in [0.15, 0.2) is 54.6 Å². The largest absolute Gasteiger partial charge is 0.322 e. The molecule has 5 rings (SSSR count). The molecule has 1 unspecified atom stereocenters. The number of ketones is 2. The highest BCUT2D eigenvalue weighted by molar-refractivity contribution is 6.24. The van der Waals surface area contributed by atoms with Crippen molar-refractivity contribution in [3.05, 3.63) is 65.7 Å². The van der Waals surface area contributed by atoms with E-state index in [0.29, 0.717) is 16.8 Å². The molecule has 3 saturated heterocycles. The number of amides is 2. The molecule has 5 atom stereocenters. The molecule has 0 spiro atoms. The summed E-state index contributed by atoms with van der Waals surface area (Å²) in [6.45, 7) is 2.29. The monoisotopic (exact) mass is 403 g/mol. The molecule has 30 heavy (non-hydrogen) atoms. The summed E-state index contributed by atoms with van der Waals surface area (Å²) in [7, 11) is 0. The number of carbonyl (C=O) groups excluding carboxylic acids is 4. The predicted molar refractivity (Wildman–Crippen MR) is 109 cm³/mol. The zero-order valence-electron chi connectivity index (χ0n) is 16.7. The van der Waals surface area contributed by atoms with Gasteiger partial charge in [-0.3, -0.25) is 19.2 Å². The Balaban J connectivity index is 1.52.